The van der Waals surface area contributed by atoms with Gasteiger partial charge in [-0.1, -0.05) is 42.0 Å². The van der Waals surface area contributed by atoms with Crippen LogP contribution in [-0.2, 0) is 0 Å². The predicted octanol–water partition coefficient (Wildman–Crippen LogP) is 4.54. The molecule has 0 radical (unpaired) electrons. The number of amides is 1. The second-order valence-corrected chi connectivity index (χ2v) is 9.07. The van der Waals surface area contributed by atoms with Crippen molar-refractivity contribution >= 4 is 11.6 Å². The Morgan fingerprint density at radius 3 is 2.24 bits per heavy atom. The lowest BCUT2D eigenvalue weighted by atomic mass is 10.0. The largest absolute Gasteiger partial charge is 0.339 e. The van der Waals surface area contributed by atoms with Crippen molar-refractivity contribution in [3.8, 4) is 22.5 Å². The normalized spacial score (nSPS) is 14.8. The van der Waals surface area contributed by atoms with Gasteiger partial charge in [0.05, 0.1) is 23.8 Å². The van der Waals surface area contributed by atoms with E-state index in [1.807, 2.05) is 41.6 Å². The topological polar surface area (TPSA) is 53.7 Å². The fourth-order valence-electron chi connectivity index (χ4n) is 4.53. The number of aromatic nitrogens is 3. The van der Waals surface area contributed by atoms with Crippen LogP contribution in [0.25, 0.3) is 28.2 Å². The maximum absolute atomic E-state index is 13.0. The molecule has 168 valence electrons. The molecule has 33 heavy (non-hydrogen) atoms. The smallest absolute Gasteiger partial charge is 0.253 e. The first-order valence-corrected chi connectivity index (χ1v) is 11.5. The van der Waals surface area contributed by atoms with E-state index in [4.69, 9.17) is 0 Å². The molecule has 0 bridgehead atoms. The molecule has 2 aromatic heterocycles. The number of nitrogens with zero attached hydrogens (tertiary/aromatic N) is 5. The molecule has 5 rings (SSSR count). The molecule has 0 N–H and O–H groups in total. The third-order valence-corrected chi connectivity index (χ3v) is 6.65. The molecule has 3 heterocycles. The summed E-state index contributed by atoms with van der Waals surface area (Å²) >= 11 is 0. The summed E-state index contributed by atoms with van der Waals surface area (Å²) in [6.45, 7) is 3.70. The van der Waals surface area contributed by atoms with Gasteiger partial charge in [-0.15, -0.1) is 0 Å². The molecule has 0 atom stereocenters. The molecule has 6 nitrogen and oxygen atoms in total. The number of imidazole rings is 1. The van der Waals surface area contributed by atoms with Crippen LogP contribution in [0.3, 0.4) is 0 Å². The Morgan fingerprint density at radius 1 is 0.909 bits per heavy atom. The van der Waals surface area contributed by atoms with Crippen LogP contribution in [0.2, 0.25) is 0 Å². The lowest BCUT2D eigenvalue weighted by Crippen LogP contribution is -2.44. The highest BCUT2D eigenvalue weighted by Crippen LogP contribution is 2.25. The maximum atomic E-state index is 13.0. The first-order chi connectivity index (χ1) is 16.0. The van der Waals surface area contributed by atoms with Crippen LogP contribution in [-0.4, -0.2) is 63.3 Å². The van der Waals surface area contributed by atoms with Gasteiger partial charge in [0.15, 0.2) is 5.65 Å². The number of carbonyl (C=O) groups excluding carboxylic acids is 1. The minimum Gasteiger partial charge on any atom is -0.339 e. The average Bonchev–Trinajstić information content (AvgIpc) is 3.27. The van der Waals surface area contributed by atoms with Crippen LogP contribution in [0.5, 0.6) is 0 Å². The number of piperidine rings is 1. The number of hydrogen-bond acceptors (Lipinski definition) is 4. The van der Waals surface area contributed by atoms with E-state index in [1.54, 1.807) is 6.20 Å². The third-order valence-electron chi connectivity index (χ3n) is 6.65. The second kappa shape index (κ2) is 8.79. The van der Waals surface area contributed by atoms with E-state index < -0.39 is 0 Å². The summed E-state index contributed by atoms with van der Waals surface area (Å²) in [6.07, 6.45) is 7.73. The number of hydrogen-bond donors (Lipinski definition) is 0. The summed E-state index contributed by atoms with van der Waals surface area (Å²) in [7, 11) is 4.22. The van der Waals surface area contributed by atoms with E-state index in [1.165, 1.54) is 5.56 Å². The van der Waals surface area contributed by atoms with Gasteiger partial charge in [0.25, 0.3) is 5.91 Å². The van der Waals surface area contributed by atoms with Crippen LogP contribution in [0.4, 0.5) is 0 Å². The summed E-state index contributed by atoms with van der Waals surface area (Å²) in [4.78, 5) is 26.3. The van der Waals surface area contributed by atoms with Crippen molar-refractivity contribution in [3.05, 3.63) is 78.2 Å². The van der Waals surface area contributed by atoms with Gasteiger partial charge in [0.1, 0.15) is 0 Å². The maximum Gasteiger partial charge on any atom is 0.253 e. The Morgan fingerprint density at radius 2 is 1.58 bits per heavy atom. The summed E-state index contributed by atoms with van der Waals surface area (Å²) in [6, 6.07) is 16.8. The van der Waals surface area contributed by atoms with Gasteiger partial charge in [-0.2, -0.15) is 0 Å². The first kappa shape index (κ1) is 21.3. The van der Waals surface area contributed by atoms with Gasteiger partial charge < -0.3 is 9.80 Å². The summed E-state index contributed by atoms with van der Waals surface area (Å²) in [5.41, 5.74) is 6.73. The zero-order valence-corrected chi connectivity index (χ0v) is 19.4. The molecule has 2 aromatic carbocycles. The zero-order valence-electron chi connectivity index (χ0n) is 19.4. The lowest BCUT2D eigenvalue weighted by Gasteiger charge is -2.35. The van der Waals surface area contributed by atoms with Gasteiger partial charge in [-0.3, -0.25) is 14.2 Å². The minimum absolute atomic E-state index is 0.110. The van der Waals surface area contributed by atoms with Crippen molar-refractivity contribution in [2.24, 2.45) is 0 Å². The number of likely N-dealkylation sites (tertiary alicyclic amines) is 1. The highest BCUT2D eigenvalue weighted by atomic mass is 16.2. The quantitative estimate of drug-likeness (QED) is 0.469. The molecule has 6 heteroatoms. The molecule has 0 aliphatic carbocycles. The van der Waals surface area contributed by atoms with Crippen molar-refractivity contribution in [2.75, 3.05) is 27.2 Å². The molecule has 0 saturated carbocycles. The molecule has 1 aliphatic heterocycles. The van der Waals surface area contributed by atoms with Crippen LogP contribution in [0, 0.1) is 6.92 Å². The van der Waals surface area contributed by atoms with E-state index in [2.05, 4.69) is 64.6 Å². The van der Waals surface area contributed by atoms with Crippen LogP contribution < -0.4 is 0 Å². The number of rotatable bonds is 4. The molecule has 4 aromatic rings. The molecule has 0 spiro atoms. The SMILES string of the molecule is Cc1ccc(-c2cnc3cnc(-c4ccc(C(=O)N5CCC(N(C)C)CC5)cc4)cn23)cc1. The number of fused-ring (bicyclic) bond motifs is 1. The Kier molecular flexibility index (Phi) is 5.68. The molecule has 0 unspecified atom stereocenters. The summed E-state index contributed by atoms with van der Waals surface area (Å²) in [5.74, 6) is 0.110. The van der Waals surface area contributed by atoms with E-state index >= 15 is 0 Å². The van der Waals surface area contributed by atoms with E-state index in [-0.39, 0.29) is 5.91 Å². The lowest BCUT2D eigenvalue weighted by molar-refractivity contribution is 0.0663. The Balaban J connectivity index is 1.37. The standard InChI is InChI=1S/C27H29N5O/c1-19-4-6-21(7-5-19)25-16-29-26-17-28-24(18-32(25)26)20-8-10-22(11-9-20)27(33)31-14-12-23(13-15-31)30(2)3/h4-11,16-18,23H,12-15H2,1-3H3. The number of carbonyl (C=O) groups is 1. The predicted molar refractivity (Wildman–Crippen MR) is 131 cm³/mol. The summed E-state index contributed by atoms with van der Waals surface area (Å²) in [5, 5.41) is 0. The first-order valence-electron chi connectivity index (χ1n) is 11.5. The third kappa shape index (κ3) is 4.26. The molecular weight excluding hydrogens is 410 g/mol. The van der Waals surface area contributed by atoms with Gasteiger partial charge in [-0.05, 0) is 46.0 Å². The molecular formula is C27H29N5O. The van der Waals surface area contributed by atoms with Gasteiger partial charge in [0.2, 0.25) is 0 Å². The minimum atomic E-state index is 0.110. The molecule has 1 amide bonds. The van der Waals surface area contributed by atoms with E-state index in [0.29, 0.717) is 6.04 Å². The van der Waals surface area contributed by atoms with Crippen molar-refractivity contribution < 1.29 is 4.79 Å². The Hall–Kier alpha value is -3.51. The van der Waals surface area contributed by atoms with Gasteiger partial charge in [-0.25, -0.2) is 4.98 Å². The Labute approximate surface area is 194 Å². The molecule has 1 aliphatic rings. The van der Waals surface area contributed by atoms with E-state index in [9.17, 15) is 4.79 Å². The zero-order chi connectivity index (χ0) is 22.9. The fraction of sp³-hybridized carbons (Fsp3) is 0.296. The van der Waals surface area contributed by atoms with Crippen LogP contribution in [0.1, 0.15) is 28.8 Å². The monoisotopic (exact) mass is 439 g/mol. The highest BCUT2D eigenvalue weighted by molar-refractivity contribution is 5.94. The fourth-order valence-corrected chi connectivity index (χ4v) is 4.53. The second-order valence-electron chi connectivity index (χ2n) is 9.07. The van der Waals surface area contributed by atoms with Gasteiger partial charge >= 0.3 is 0 Å². The number of aryl methyl sites for hydroxylation is 1. The van der Waals surface area contributed by atoms with Crippen molar-refractivity contribution in [3.63, 3.8) is 0 Å². The van der Waals surface area contributed by atoms with Crippen LogP contribution in [0.15, 0.2) is 67.1 Å². The number of benzene rings is 2. The average molecular weight is 440 g/mol. The summed E-state index contributed by atoms with van der Waals surface area (Å²) < 4.78 is 2.07. The Bertz CT molecular complexity index is 1270. The molecule has 1 fully saturated rings. The molecule has 1 saturated heterocycles. The van der Waals surface area contributed by atoms with E-state index in [0.717, 1.165) is 59.7 Å². The van der Waals surface area contributed by atoms with Gasteiger partial charge in [0, 0.05) is 42.0 Å². The van der Waals surface area contributed by atoms with Crippen molar-refractivity contribution in [2.45, 2.75) is 25.8 Å². The van der Waals surface area contributed by atoms with Crippen LogP contribution >= 0.6 is 0 Å². The highest BCUT2D eigenvalue weighted by Gasteiger charge is 2.24. The van der Waals surface area contributed by atoms with Crippen molar-refractivity contribution in [1.82, 2.24) is 24.2 Å². The van der Waals surface area contributed by atoms with Crippen molar-refractivity contribution in [1.29, 1.82) is 0 Å².